The van der Waals surface area contributed by atoms with E-state index in [2.05, 4.69) is 20.8 Å². The lowest BCUT2D eigenvalue weighted by Gasteiger charge is -2.37. The van der Waals surface area contributed by atoms with Crippen LogP contribution < -0.4 is 0 Å². The van der Waals surface area contributed by atoms with Crippen molar-refractivity contribution in [3.8, 4) is 0 Å². The summed E-state index contributed by atoms with van der Waals surface area (Å²) in [6.45, 7) is 4.01. The summed E-state index contributed by atoms with van der Waals surface area (Å²) < 4.78 is 1.01. The molecule has 1 aromatic carbocycles. The zero-order valence-electron chi connectivity index (χ0n) is 10.3. The quantitative estimate of drug-likeness (QED) is 0.795. The maximum absolute atomic E-state index is 12.4. The van der Waals surface area contributed by atoms with Gasteiger partial charge in [0.1, 0.15) is 0 Å². The molecule has 0 N–H and O–H groups in total. The Morgan fingerprint density at radius 3 is 2.72 bits per heavy atom. The monoisotopic (exact) mass is 308 g/mol. The Balaban J connectivity index is 1.71. The summed E-state index contributed by atoms with van der Waals surface area (Å²) in [4.78, 5) is 16.9. The number of fused-ring (bicyclic) bond motifs is 1. The van der Waals surface area contributed by atoms with E-state index in [-0.39, 0.29) is 5.91 Å². The average molecular weight is 309 g/mol. The molecule has 0 radical (unpaired) electrons. The first-order valence-electron chi connectivity index (χ1n) is 6.53. The van der Waals surface area contributed by atoms with Gasteiger partial charge >= 0.3 is 0 Å². The fourth-order valence-electron chi connectivity index (χ4n) is 2.95. The Morgan fingerprint density at radius 2 is 1.94 bits per heavy atom. The van der Waals surface area contributed by atoms with Crippen LogP contribution in [0.25, 0.3) is 0 Å². The molecule has 1 unspecified atom stereocenters. The van der Waals surface area contributed by atoms with Gasteiger partial charge in [0.2, 0.25) is 0 Å². The van der Waals surface area contributed by atoms with Crippen molar-refractivity contribution in [1.82, 2.24) is 9.80 Å². The van der Waals surface area contributed by atoms with Crippen LogP contribution in [0.3, 0.4) is 0 Å². The molecule has 1 aromatic rings. The van der Waals surface area contributed by atoms with Gasteiger partial charge in [0, 0.05) is 35.7 Å². The van der Waals surface area contributed by atoms with Gasteiger partial charge in [-0.25, -0.2) is 0 Å². The number of hydrogen-bond donors (Lipinski definition) is 0. The minimum absolute atomic E-state index is 0.175. The van der Waals surface area contributed by atoms with Gasteiger partial charge in [-0.15, -0.1) is 0 Å². The molecule has 2 fully saturated rings. The topological polar surface area (TPSA) is 23.6 Å². The summed E-state index contributed by atoms with van der Waals surface area (Å²) in [6, 6.07) is 8.25. The molecule has 4 heteroatoms. The van der Waals surface area contributed by atoms with Gasteiger partial charge in [0.25, 0.3) is 5.91 Å². The Hall–Kier alpha value is -0.870. The second kappa shape index (κ2) is 5.02. The molecule has 2 aliphatic heterocycles. The lowest BCUT2D eigenvalue weighted by Crippen LogP contribution is -2.52. The second-order valence-corrected chi connectivity index (χ2v) is 6.01. The molecule has 3 rings (SSSR count). The molecule has 2 heterocycles. The molecular formula is C14H17BrN2O. The van der Waals surface area contributed by atoms with Crippen LogP contribution >= 0.6 is 15.9 Å². The molecule has 0 aliphatic carbocycles. The highest BCUT2D eigenvalue weighted by Crippen LogP contribution is 2.22. The van der Waals surface area contributed by atoms with Gasteiger partial charge in [-0.2, -0.15) is 0 Å². The second-order valence-electron chi connectivity index (χ2n) is 5.09. The molecule has 2 saturated heterocycles. The number of benzene rings is 1. The number of carbonyl (C=O) groups is 1. The predicted octanol–water partition coefficient (Wildman–Crippen LogP) is 2.37. The van der Waals surface area contributed by atoms with Crippen LogP contribution in [0.4, 0.5) is 0 Å². The van der Waals surface area contributed by atoms with Crippen LogP contribution in [-0.2, 0) is 0 Å². The third-order valence-electron chi connectivity index (χ3n) is 3.97. The zero-order chi connectivity index (χ0) is 12.5. The summed E-state index contributed by atoms with van der Waals surface area (Å²) in [6.07, 6.45) is 2.52. The van der Waals surface area contributed by atoms with Crippen LogP contribution in [-0.4, -0.2) is 47.9 Å². The van der Waals surface area contributed by atoms with Crippen LogP contribution in [0.5, 0.6) is 0 Å². The molecule has 96 valence electrons. The number of carbonyl (C=O) groups excluding carboxylic acids is 1. The van der Waals surface area contributed by atoms with E-state index < -0.39 is 0 Å². The maximum Gasteiger partial charge on any atom is 0.253 e. The van der Waals surface area contributed by atoms with Crippen molar-refractivity contribution in [2.45, 2.75) is 18.9 Å². The standard InChI is InChI=1S/C14H17BrN2O/c15-12-5-3-11(4-6-12)14(18)17-9-8-16-7-1-2-13(16)10-17/h3-6,13H,1-2,7-10H2. The van der Waals surface area contributed by atoms with E-state index >= 15 is 0 Å². The van der Waals surface area contributed by atoms with Crippen molar-refractivity contribution < 1.29 is 4.79 Å². The first kappa shape index (κ1) is 12.2. The summed E-state index contributed by atoms with van der Waals surface area (Å²) >= 11 is 3.40. The lowest BCUT2D eigenvalue weighted by atomic mass is 10.1. The largest absolute Gasteiger partial charge is 0.336 e. The molecule has 0 aromatic heterocycles. The summed E-state index contributed by atoms with van der Waals surface area (Å²) in [5.41, 5.74) is 0.796. The van der Waals surface area contributed by atoms with Crippen molar-refractivity contribution in [3.05, 3.63) is 34.3 Å². The lowest BCUT2D eigenvalue weighted by molar-refractivity contribution is 0.0571. The maximum atomic E-state index is 12.4. The van der Waals surface area contributed by atoms with E-state index in [1.807, 2.05) is 29.2 Å². The highest BCUT2D eigenvalue weighted by molar-refractivity contribution is 9.10. The van der Waals surface area contributed by atoms with Gasteiger partial charge in [-0.1, -0.05) is 15.9 Å². The van der Waals surface area contributed by atoms with Gasteiger partial charge in [0.15, 0.2) is 0 Å². The fourth-order valence-corrected chi connectivity index (χ4v) is 3.21. The normalized spacial score (nSPS) is 24.1. The van der Waals surface area contributed by atoms with E-state index in [4.69, 9.17) is 0 Å². The van der Waals surface area contributed by atoms with Crippen LogP contribution in [0.2, 0.25) is 0 Å². The minimum Gasteiger partial charge on any atom is -0.336 e. The van der Waals surface area contributed by atoms with Crippen LogP contribution in [0, 0.1) is 0 Å². The molecule has 1 amide bonds. The molecule has 3 nitrogen and oxygen atoms in total. The van der Waals surface area contributed by atoms with Crippen LogP contribution in [0.15, 0.2) is 28.7 Å². The molecule has 0 spiro atoms. The number of rotatable bonds is 1. The highest BCUT2D eigenvalue weighted by Gasteiger charge is 2.32. The Morgan fingerprint density at radius 1 is 1.17 bits per heavy atom. The summed E-state index contributed by atoms with van der Waals surface area (Å²) in [7, 11) is 0. The molecular weight excluding hydrogens is 292 g/mol. The summed E-state index contributed by atoms with van der Waals surface area (Å²) in [5.74, 6) is 0.175. The number of hydrogen-bond acceptors (Lipinski definition) is 2. The van der Waals surface area contributed by atoms with Gasteiger partial charge in [-0.05, 0) is 43.7 Å². The number of amides is 1. The van der Waals surface area contributed by atoms with Gasteiger partial charge in [0.05, 0.1) is 0 Å². The first-order chi connectivity index (χ1) is 8.74. The van der Waals surface area contributed by atoms with E-state index in [0.717, 1.165) is 29.7 Å². The Bertz CT molecular complexity index is 446. The van der Waals surface area contributed by atoms with Crippen molar-refractivity contribution >= 4 is 21.8 Å². The van der Waals surface area contributed by atoms with Gasteiger partial charge in [-0.3, -0.25) is 9.69 Å². The van der Waals surface area contributed by atoms with Crippen LogP contribution in [0.1, 0.15) is 23.2 Å². The molecule has 2 aliphatic rings. The summed E-state index contributed by atoms with van der Waals surface area (Å²) in [5, 5.41) is 0. The molecule has 18 heavy (non-hydrogen) atoms. The first-order valence-corrected chi connectivity index (χ1v) is 7.32. The number of nitrogens with zero attached hydrogens (tertiary/aromatic N) is 2. The van der Waals surface area contributed by atoms with E-state index in [9.17, 15) is 4.79 Å². The highest BCUT2D eigenvalue weighted by atomic mass is 79.9. The molecule has 0 bridgehead atoms. The fraction of sp³-hybridized carbons (Fsp3) is 0.500. The van der Waals surface area contributed by atoms with E-state index in [1.54, 1.807) is 0 Å². The number of halogens is 1. The van der Waals surface area contributed by atoms with Crippen molar-refractivity contribution in [2.24, 2.45) is 0 Å². The number of piperazine rings is 1. The third-order valence-corrected chi connectivity index (χ3v) is 4.49. The molecule has 0 saturated carbocycles. The average Bonchev–Trinajstić information content (AvgIpc) is 2.86. The van der Waals surface area contributed by atoms with E-state index in [0.29, 0.717) is 6.04 Å². The Kier molecular flexibility index (Phi) is 3.39. The smallest absolute Gasteiger partial charge is 0.253 e. The van der Waals surface area contributed by atoms with Gasteiger partial charge < -0.3 is 4.90 Å². The SMILES string of the molecule is O=C(c1ccc(Br)cc1)N1CCN2CCCC2C1. The third kappa shape index (κ3) is 2.31. The predicted molar refractivity (Wildman–Crippen MR) is 74.6 cm³/mol. The molecule has 1 atom stereocenters. The zero-order valence-corrected chi connectivity index (χ0v) is 11.9. The Labute approximate surface area is 116 Å². The van der Waals surface area contributed by atoms with Crippen molar-refractivity contribution in [2.75, 3.05) is 26.2 Å². The van der Waals surface area contributed by atoms with Crippen molar-refractivity contribution in [3.63, 3.8) is 0 Å². The van der Waals surface area contributed by atoms with E-state index in [1.165, 1.54) is 19.4 Å². The van der Waals surface area contributed by atoms with Crippen molar-refractivity contribution in [1.29, 1.82) is 0 Å². The minimum atomic E-state index is 0.175.